The third kappa shape index (κ3) is 4.37. The van der Waals surface area contributed by atoms with E-state index in [1.54, 1.807) is 0 Å². The van der Waals surface area contributed by atoms with Crippen LogP contribution in [0.2, 0.25) is 0 Å². The molecule has 5 nitrogen and oxygen atoms in total. The van der Waals surface area contributed by atoms with E-state index < -0.39 is 0 Å². The molecule has 4 aromatic heterocycles. The predicted molar refractivity (Wildman–Crippen MR) is 211 cm³/mol. The molecule has 0 aliphatic rings. The number of hydrogen-bond acceptors (Lipinski definition) is 5. The molecule has 0 fully saturated rings. The van der Waals surface area contributed by atoms with E-state index in [-0.39, 0.29) is 0 Å². The summed E-state index contributed by atoms with van der Waals surface area (Å²) in [5.74, 6) is 1.81. The van der Waals surface area contributed by atoms with Gasteiger partial charge in [-0.2, -0.15) is 0 Å². The maximum Gasteiger partial charge on any atom is 0.167 e. The monoisotopic (exact) mass is 670 g/mol. The molecular formula is C45H26N4OS. The summed E-state index contributed by atoms with van der Waals surface area (Å²) in [4.78, 5) is 15.2. The minimum atomic E-state index is 0.576. The summed E-state index contributed by atoms with van der Waals surface area (Å²) in [5, 5.41) is 7.00. The zero-order valence-corrected chi connectivity index (χ0v) is 27.9. The van der Waals surface area contributed by atoms with Gasteiger partial charge in [-0.1, -0.05) is 97.1 Å². The van der Waals surface area contributed by atoms with Gasteiger partial charge in [0.15, 0.2) is 17.5 Å². The van der Waals surface area contributed by atoms with Gasteiger partial charge in [-0.3, -0.25) is 0 Å². The van der Waals surface area contributed by atoms with Crippen LogP contribution in [0.15, 0.2) is 162 Å². The molecule has 0 atom stereocenters. The molecule has 0 saturated heterocycles. The van der Waals surface area contributed by atoms with Crippen molar-refractivity contribution < 1.29 is 4.42 Å². The Kier molecular flexibility index (Phi) is 6.05. The second kappa shape index (κ2) is 10.9. The van der Waals surface area contributed by atoms with Gasteiger partial charge in [-0.05, 0) is 60.7 Å². The summed E-state index contributed by atoms with van der Waals surface area (Å²) in [5.41, 5.74) is 7.84. The zero-order valence-electron chi connectivity index (χ0n) is 27.1. The van der Waals surface area contributed by atoms with E-state index in [0.29, 0.717) is 17.5 Å². The lowest BCUT2D eigenvalue weighted by Crippen LogP contribution is -2.00. The Hall–Kier alpha value is -6.63. The van der Waals surface area contributed by atoms with Crippen LogP contribution in [0.1, 0.15) is 0 Å². The van der Waals surface area contributed by atoms with Crippen LogP contribution in [0, 0.1) is 0 Å². The van der Waals surface area contributed by atoms with E-state index in [0.717, 1.165) is 44.3 Å². The van der Waals surface area contributed by atoms with E-state index >= 15 is 0 Å². The minimum absolute atomic E-state index is 0.576. The van der Waals surface area contributed by atoms with E-state index in [2.05, 4.69) is 102 Å². The van der Waals surface area contributed by atoms with Crippen LogP contribution < -0.4 is 0 Å². The van der Waals surface area contributed by atoms with E-state index in [9.17, 15) is 0 Å². The summed E-state index contributed by atoms with van der Waals surface area (Å²) >= 11 is 1.81. The highest BCUT2D eigenvalue weighted by molar-refractivity contribution is 7.25. The Bertz CT molecular complexity index is 3100. The summed E-state index contributed by atoms with van der Waals surface area (Å²) in [6.07, 6.45) is 0. The fourth-order valence-corrected chi connectivity index (χ4v) is 8.58. The summed E-state index contributed by atoms with van der Waals surface area (Å²) in [6, 6.07) is 55.1. The maximum absolute atomic E-state index is 6.42. The van der Waals surface area contributed by atoms with Crippen LogP contribution in [0.3, 0.4) is 0 Å². The van der Waals surface area contributed by atoms with E-state index in [1.807, 2.05) is 72.0 Å². The molecule has 7 aromatic carbocycles. The van der Waals surface area contributed by atoms with E-state index in [1.165, 1.54) is 42.0 Å². The molecular weight excluding hydrogens is 645 g/mol. The van der Waals surface area contributed by atoms with Crippen LogP contribution >= 0.6 is 11.3 Å². The number of para-hydroxylation sites is 4. The number of thiophene rings is 1. The lowest BCUT2D eigenvalue weighted by Gasteiger charge is -2.09. The number of furan rings is 1. The first-order chi connectivity index (χ1) is 25.3. The minimum Gasteiger partial charge on any atom is -0.455 e. The number of fused-ring (bicyclic) bond motifs is 9. The molecule has 11 aromatic rings. The molecule has 11 rings (SSSR count). The highest BCUT2D eigenvalue weighted by Gasteiger charge is 2.19. The SMILES string of the molecule is c1ccc(-c2nc(-c3ccc4sc5ccc(-n6c7ccccc7c7ccccc76)cc5c4c3)nc(-c3cccc4c3oc3ccccc34)n2)cc1. The fraction of sp³-hybridized carbons (Fsp3) is 0. The van der Waals surface area contributed by atoms with E-state index in [4.69, 9.17) is 19.4 Å². The molecule has 0 N–H and O–H groups in total. The Labute approximate surface area is 295 Å². The average Bonchev–Trinajstić information content (AvgIpc) is 3.87. The highest BCUT2D eigenvalue weighted by atomic mass is 32.1. The number of rotatable bonds is 4. The largest absolute Gasteiger partial charge is 0.455 e. The molecule has 0 radical (unpaired) electrons. The third-order valence-corrected chi connectivity index (χ3v) is 11.0. The van der Waals surface area contributed by atoms with Crippen molar-refractivity contribution >= 4 is 75.3 Å². The first-order valence-electron chi connectivity index (χ1n) is 16.9. The molecule has 51 heavy (non-hydrogen) atoms. The van der Waals surface area contributed by atoms with Crippen molar-refractivity contribution in [3.63, 3.8) is 0 Å². The van der Waals surface area contributed by atoms with Gasteiger partial charge in [0, 0.05) is 58.5 Å². The number of hydrogen-bond donors (Lipinski definition) is 0. The van der Waals surface area contributed by atoms with Gasteiger partial charge in [0.25, 0.3) is 0 Å². The highest BCUT2D eigenvalue weighted by Crippen LogP contribution is 2.40. The molecule has 4 heterocycles. The van der Waals surface area contributed by atoms with Crippen LogP contribution in [0.5, 0.6) is 0 Å². The van der Waals surface area contributed by atoms with Crippen LogP contribution in [0.25, 0.3) is 104 Å². The third-order valence-electron chi connectivity index (χ3n) is 9.86. The van der Waals surface area contributed by atoms with Gasteiger partial charge in [0.1, 0.15) is 11.2 Å². The Morgan fingerprint density at radius 1 is 0.431 bits per heavy atom. The number of benzene rings is 7. The molecule has 0 unspecified atom stereocenters. The fourth-order valence-electron chi connectivity index (χ4n) is 7.51. The van der Waals surface area contributed by atoms with Crippen LogP contribution in [0.4, 0.5) is 0 Å². The van der Waals surface area contributed by atoms with Gasteiger partial charge in [0.05, 0.1) is 16.6 Å². The first kappa shape index (κ1) is 28.2. The number of nitrogens with zero attached hydrogens (tertiary/aromatic N) is 4. The lowest BCUT2D eigenvalue weighted by atomic mass is 10.1. The molecule has 0 bridgehead atoms. The normalized spacial score (nSPS) is 11.9. The smallest absolute Gasteiger partial charge is 0.167 e. The summed E-state index contributed by atoms with van der Waals surface area (Å²) in [7, 11) is 0. The van der Waals surface area contributed by atoms with Gasteiger partial charge < -0.3 is 8.98 Å². The van der Waals surface area contributed by atoms with Gasteiger partial charge in [-0.15, -0.1) is 11.3 Å². The molecule has 0 aliphatic heterocycles. The van der Waals surface area contributed by atoms with Gasteiger partial charge in [-0.25, -0.2) is 15.0 Å². The molecule has 6 heteroatoms. The maximum atomic E-state index is 6.42. The zero-order chi connectivity index (χ0) is 33.5. The van der Waals surface area contributed by atoms with Crippen LogP contribution in [-0.4, -0.2) is 19.5 Å². The second-order valence-electron chi connectivity index (χ2n) is 12.8. The molecule has 0 amide bonds. The summed E-state index contributed by atoms with van der Waals surface area (Å²) < 4.78 is 11.3. The van der Waals surface area contributed by atoms with Crippen molar-refractivity contribution in [2.75, 3.05) is 0 Å². The van der Waals surface area contributed by atoms with Gasteiger partial charge in [0.2, 0.25) is 0 Å². The standard InChI is InChI=1S/C45H26N4OS/c1-2-11-27(12-3-1)43-46-44(48-45(47-43)34-17-10-16-33-32-15-6-9-20-39(32)50-42(33)34)28-21-23-40-35(25-28)36-26-29(22-24-41(36)51-40)49-37-18-7-4-13-30(37)31-14-5-8-19-38(31)49/h1-26H. The second-order valence-corrected chi connectivity index (χ2v) is 13.9. The molecule has 0 saturated carbocycles. The first-order valence-corrected chi connectivity index (χ1v) is 17.8. The predicted octanol–water partition coefficient (Wildman–Crippen LogP) is 12.2. The van der Waals surface area contributed by atoms with Crippen molar-refractivity contribution in [2.45, 2.75) is 0 Å². The Morgan fingerprint density at radius 2 is 1.04 bits per heavy atom. The van der Waals surface area contributed by atoms with Gasteiger partial charge >= 0.3 is 0 Å². The molecule has 0 aliphatic carbocycles. The van der Waals surface area contributed by atoms with Crippen molar-refractivity contribution in [3.05, 3.63) is 158 Å². The van der Waals surface area contributed by atoms with Crippen molar-refractivity contribution in [2.24, 2.45) is 0 Å². The lowest BCUT2D eigenvalue weighted by molar-refractivity contribution is 0.669. The number of aromatic nitrogens is 4. The van der Waals surface area contributed by atoms with Crippen molar-refractivity contribution in [1.29, 1.82) is 0 Å². The Morgan fingerprint density at radius 3 is 1.82 bits per heavy atom. The quantitative estimate of drug-likeness (QED) is 0.187. The van der Waals surface area contributed by atoms with Crippen molar-refractivity contribution in [3.8, 4) is 39.9 Å². The molecule has 238 valence electrons. The summed E-state index contributed by atoms with van der Waals surface area (Å²) in [6.45, 7) is 0. The topological polar surface area (TPSA) is 56.7 Å². The molecule has 0 spiro atoms. The average molecular weight is 671 g/mol. The van der Waals surface area contributed by atoms with Crippen LogP contribution in [-0.2, 0) is 0 Å². The van der Waals surface area contributed by atoms with Crippen molar-refractivity contribution in [1.82, 2.24) is 19.5 Å². The Balaban J connectivity index is 1.12.